The Kier molecular flexibility index (Phi) is 4.49. The van der Waals surface area contributed by atoms with Gasteiger partial charge in [-0.1, -0.05) is 29.3 Å². The second-order valence-electron chi connectivity index (χ2n) is 4.73. The average molecular weight is 287 g/mol. The lowest BCUT2D eigenvalue weighted by Gasteiger charge is -2.31. The Labute approximate surface area is 117 Å². The number of carbonyl (C=O) groups excluding carboxylic acids is 1. The lowest BCUT2D eigenvalue weighted by atomic mass is 9.97. The molecule has 1 aromatic rings. The van der Waals surface area contributed by atoms with Crippen LogP contribution in [0.2, 0.25) is 10.0 Å². The quantitative estimate of drug-likeness (QED) is 0.929. The van der Waals surface area contributed by atoms with E-state index in [0.717, 1.165) is 38.0 Å². The van der Waals surface area contributed by atoms with E-state index in [4.69, 9.17) is 28.9 Å². The zero-order valence-corrected chi connectivity index (χ0v) is 11.5. The summed E-state index contributed by atoms with van der Waals surface area (Å²) in [6.07, 6.45) is 1.90. The number of benzene rings is 1. The predicted octanol–water partition coefficient (Wildman–Crippen LogP) is 2.69. The van der Waals surface area contributed by atoms with Crippen LogP contribution < -0.4 is 5.73 Å². The van der Waals surface area contributed by atoms with Gasteiger partial charge in [0.05, 0.1) is 16.0 Å². The molecule has 1 amide bonds. The van der Waals surface area contributed by atoms with Crippen LogP contribution in [0.4, 0.5) is 0 Å². The normalized spacial score (nSPS) is 20.9. The molecular weight excluding hydrogens is 271 g/mol. The van der Waals surface area contributed by atoms with Crippen molar-refractivity contribution in [2.75, 3.05) is 13.1 Å². The fourth-order valence-corrected chi connectivity index (χ4v) is 2.65. The van der Waals surface area contributed by atoms with Gasteiger partial charge in [0.25, 0.3) is 0 Å². The Bertz CT molecular complexity index is 451. The highest BCUT2D eigenvalue weighted by Crippen LogP contribution is 2.24. The van der Waals surface area contributed by atoms with E-state index in [2.05, 4.69) is 4.90 Å². The summed E-state index contributed by atoms with van der Waals surface area (Å²) in [7, 11) is 0. The zero-order valence-electron chi connectivity index (χ0n) is 10.0. The Hall–Kier alpha value is -0.770. The molecule has 0 saturated carbocycles. The topological polar surface area (TPSA) is 46.3 Å². The minimum Gasteiger partial charge on any atom is -0.369 e. The number of halogens is 2. The van der Waals surface area contributed by atoms with E-state index in [1.54, 1.807) is 6.07 Å². The summed E-state index contributed by atoms with van der Waals surface area (Å²) < 4.78 is 0. The fraction of sp³-hybridized carbons (Fsp3) is 0.462. The zero-order chi connectivity index (χ0) is 13.1. The maximum atomic E-state index is 11.2. The van der Waals surface area contributed by atoms with E-state index < -0.39 is 0 Å². The summed E-state index contributed by atoms with van der Waals surface area (Å²) >= 11 is 11.9. The van der Waals surface area contributed by atoms with Gasteiger partial charge >= 0.3 is 0 Å². The number of carbonyl (C=O) groups is 1. The molecule has 1 aliphatic heterocycles. The molecule has 1 fully saturated rings. The molecule has 1 atom stereocenters. The predicted molar refractivity (Wildman–Crippen MR) is 73.7 cm³/mol. The highest BCUT2D eigenvalue weighted by molar-refractivity contribution is 6.42. The van der Waals surface area contributed by atoms with E-state index >= 15 is 0 Å². The van der Waals surface area contributed by atoms with Gasteiger partial charge < -0.3 is 5.73 Å². The van der Waals surface area contributed by atoms with Crippen LogP contribution in [0.3, 0.4) is 0 Å². The van der Waals surface area contributed by atoms with Gasteiger partial charge in [0.15, 0.2) is 0 Å². The highest BCUT2D eigenvalue weighted by atomic mass is 35.5. The van der Waals surface area contributed by atoms with Gasteiger partial charge in [-0.3, -0.25) is 9.69 Å². The number of amides is 1. The standard InChI is InChI=1S/C13H16Cl2N2O/c14-11-4-3-9(6-12(11)15)7-17-5-1-2-10(8-17)13(16)18/h3-4,6,10H,1-2,5,7-8H2,(H2,16,18). The van der Waals surface area contributed by atoms with Gasteiger partial charge in [-0.25, -0.2) is 0 Å². The molecule has 3 nitrogen and oxygen atoms in total. The van der Waals surface area contributed by atoms with E-state index in [1.165, 1.54) is 0 Å². The molecule has 0 spiro atoms. The number of nitrogens with two attached hydrogens (primary N) is 1. The maximum absolute atomic E-state index is 11.2. The third-order valence-electron chi connectivity index (χ3n) is 3.30. The first kappa shape index (κ1) is 13.7. The third-order valence-corrected chi connectivity index (χ3v) is 4.04. The Morgan fingerprint density at radius 2 is 2.17 bits per heavy atom. The molecule has 0 radical (unpaired) electrons. The van der Waals surface area contributed by atoms with Crippen molar-refractivity contribution >= 4 is 29.1 Å². The largest absolute Gasteiger partial charge is 0.369 e. The van der Waals surface area contributed by atoms with Gasteiger partial charge in [0.2, 0.25) is 5.91 Å². The number of hydrogen-bond donors (Lipinski definition) is 1. The molecule has 98 valence electrons. The van der Waals surface area contributed by atoms with Crippen molar-refractivity contribution < 1.29 is 4.79 Å². The summed E-state index contributed by atoms with van der Waals surface area (Å²) in [6, 6.07) is 5.63. The van der Waals surface area contributed by atoms with E-state index in [0.29, 0.717) is 10.0 Å². The lowest BCUT2D eigenvalue weighted by molar-refractivity contribution is -0.123. The van der Waals surface area contributed by atoms with Crippen molar-refractivity contribution in [3.8, 4) is 0 Å². The number of nitrogens with zero attached hydrogens (tertiary/aromatic N) is 1. The first-order valence-electron chi connectivity index (χ1n) is 6.02. The van der Waals surface area contributed by atoms with Crippen LogP contribution in [0.5, 0.6) is 0 Å². The van der Waals surface area contributed by atoms with Crippen LogP contribution in [0.15, 0.2) is 18.2 Å². The van der Waals surface area contributed by atoms with Crippen molar-refractivity contribution in [1.82, 2.24) is 4.90 Å². The van der Waals surface area contributed by atoms with Crippen molar-refractivity contribution in [3.63, 3.8) is 0 Å². The van der Waals surface area contributed by atoms with Crippen molar-refractivity contribution in [1.29, 1.82) is 0 Å². The number of likely N-dealkylation sites (tertiary alicyclic amines) is 1. The first-order valence-corrected chi connectivity index (χ1v) is 6.77. The van der Waals surface area contributed by atoms with Crippen molar-refractivity contribution in [2.24, 2.45) is 11.7 Å². The summed E-state index contributed by atoms with van der Waals surface area (Å²) in [6.45, 7) is 2.50. The third kappa shape index (κ3) is 3.37. The number of rotatable bonds is 3. The minimum atomic E-state index is -0.200. The van der Waals surface area contributed by atoms with Gasteiger partial charge in [-0.2, -0.15) is 0 Å². The van der Waals surface area contributed by atoms with Gasteiger partial charge in [0.1, 0.15) is 0 Å². The summed E-state index contributed by atoms with van der Waals surface area (Å²) in [5, 5.41) is 1.13. The number of primary amides is 1. The van der Waals surface area contributed by atoms with Gasteiger partial charge in [-0.05, 0) is 37.1 Å². The molecule has 2 rings (SSSR count). The molecular formula is C13H16Cl2N2O. The molecule has 1 aromatic carbocycles. The second-order valence-corrected chi connectivity index (χ2v) is 5.54. The maximum Gasteiger partial charge on any atom is 0.221 e. The molecule has 1 aliphatic rings. The number of piperidine rings is 1. The Morgan fingerprint density at radius 3 is 2.83 bits per heavy atom. The van der Waals surface area contributed by atoms with Gasteiger partial charge in [0, 0.05) is 13.1 Å². The molecule has 0 aromatic heterocycles. The molecule has 2 N–H and O–H groups in total. The molecule has 1 saturated heterocycles. The second kappa shape index (κ2) is 5.91. The Morgan fingerprint density at radius 1 is 1.39 bits per heavy atom. The van der Waals surface area contributed by atoms with Crippen LogP contribution in [-0.2, 0) is 11.3 Å². The molecule has 1 heterocycles. The number of hydrogen-bond acceptors (Lipinski definition) is 2. The van der Waals surface area contributed by atoms with E-state index in [1.807, 2.05) is 12.1 Å². The lowest BCUT2D eigenvalue weighted by Crippen LogP contribution is -2.40. The van der Waals surface area contributed by atoms with E-state index in [9.17, 15) is 4.79 Å². The van der Waals surface area contributed by atoms with Crippen LogP contribution in [0.25, 0.3) is 0 Å². The fourth-order valence-electron chi connectivity index (χ4n) is 2.33. The molecule has 18 heavy (non-hydrogen) atoms. The van der Waals surface area contributed by atoms with Gasteiger partial charge in [-0.15, -0.1) is 0 Å². The van der Waals surface area contributed by atoms with Crippen LogP contribution >= 0.6 is 23.2 Å². The first-order chi connectivity index (χ1) is 8.56. The average Bonchev–Trinajstić information content (AvgIpc) is 2.34. The summed E-state index contributed by atoms with van der Waals surface area (Å²) in [5.41, 5.74) is 6.47. The van der Waals surface area contributed by atoms with Crippen molar-refractivity contribution in [3.05, 3.63) is 33.8 Å². The smallest absolute Gasteiger partial charge is 0.221 e. The Balaban J connectivity index is 2.00. The van der Waals surface area contributed by atoms with Crippen molar-refractivity contribution in [2.45, 2.75) is 19.4 Å². The molecule has 0 aliphatic carbocycles. The van der Waals surface area contributed by atoms with Crippen LogP contribution in [0.1, 0.15) is 18.4 Å². The molecule has 0 bridgehead atoms. The minimum absolute atomic E-state index is 0.0264. The van der Waals surface area contributed by atoms with Crippen LogP contribution in [-0.4, -0.2) is 23.9 Å². The summed E-state index contributed by atoms with van der Waals surface area (Å²) in [5.74, 6) is -0.227. The van der Waals surface area contributed by atoms with Crippen LogP contribution in [0, 0.1) is 5.92 Å². The summed E-state index contributed by atoms with van der Waals surface area (Å²) in [4.78, 5) is 13.4. The highest BCUT2D eigenvalue weighted by Gasteiger charge is 2.23. The molecule has 1 unspecified atom stereocenters. The monoisotopic (exact) mass is 286 g/mol. The van der Waals surface area contributed by atoms with E-state index in [-0.39, 0.29) is 11.8 Å². The SMILES string of the molecule is NC(=O)C1CCCN(Cc2ccc(Cl)c(Cl)c2)C1. The molecule has 5 heteroatoms.